The molecule has 1 aromatic heterocycles. The highest BCUT2D eigenvalue weighted by molar-refractivity contribution is 5.77. The van der Waals surface area contributed by atoms with Crippen molar-refractivity contribution >= 4 is 5.91 Å². The van der Waals surface area contributed by atoms with Gasteiger partial charge in [0, 0.05) is 13.1 Å². The van der Waals surface area contributed by atoms with Gasteiger partial charge in [0.2, 0.25) is 0 Å². The second-order valence-electron chi connectivity index (χ2n) is 6.22. The van der Waals surface area contributed by atoms with Gasteiger partial charge in [-0.2, -0.15) is 4.98 Å². The number of ether oxygens (including phenoxy) is 2. The van der Waals surface area contributed by atoms with Crippen molar-refractivity contribution in [2.45, 2.75) is 27.0 Å². The number of aromatic nitrogens is 2. The molecule has 7 nitrogen and oxygen atoms in total. The number of amides is 1. The molecule has 0 bridgehead atoms. The van der Waals surface area contributed by atoms with Gasteiger partial charge in [-0.25, -0.2) is 0 Å². The molecule has 0 fully saturated rings. The third kappa shape index (κ3) is 5.57. The van der Waals surface area contributed by atoms with E-state index in [9.17, 15) is 4.79 Å². The zero-order valence-electron chi connectivity index (χ0n) is 16.0. The summed E-state index contributed by atoms with van der Waals surface area (Å²) >= 11 is 0. The number of likely N-dealkylation sites (N-methyl/N-ethyl adjacent to an activating group) is 1. The van der Waals surface area contributed by atoms with Crippen molar-refractivity contribution in [3.63, 3.8) is 0 Å². The molecule has 7 heteroatoms. The van der Waals surface area contributed by atoms with Gasteiger partial charge in [-0.3, -0.25) is 9.32 Å². The Hall–Kier alpha value is -3.35. The molecular weight excluding hydrogens is 358 g/mol. The van der Waals surface area contributed by atoms with E-state index < -0.39 is 0 Å². The SMILES string of the molecule is CCN(Cc1ccc(OCc2ccccc2)cc1)C(=O)COc1nc(C)no1. The molecule has 0 aliphatic carbocycles. The molecule has 0 unspecified atom stereocenters. The lowest BCUT2D eigenvalue weighted by Gasteiger charge is -2.20. The van der Waals surface area contributed by atoms with Crippen LogP contribution in [0.1, 0.15) is 23.9 Å². The minimum absolute atomic E-state index is 0.00169. The van der Waals surface area contributed by atoms with Crippen LogP contribution in [0.2, 0.25) is 0 Å². The van der Waals surface area contributed by atoms with Crippen molar-refractivity contribution in [3.05, 3.63) is 71.5 Å². The summed E-state index contributed by atoms with van der Waals surface area (Å²) in [6.07, 6.45) is 0.00169. The summed E-state index contributed by atoms with van der Waals surface area (Å²) in [4.78, 5) is 18.0. The van der Waals surface area contributed by atoms with Crippen LogP contribution < -0.4 is 9.47 Å². The van der Waals surface area contributed by atoms with Gasteiger partial charge in [0.1, 0.15) is 12.4 Å². The fourth-order valence-corrected chi connectivity index (χ4v) is 2.58. The van der Waals surface area contributed by atoms with E-state index in [4.69, 9.17) is 14.0 Å². The van der Waals surface area contributed by atoms with Crippen molar-refractivity contribution in [3.8, 4) is 11.8 Å². The number of hydrogen-bond acceptors (Lipinski definition) is 6. The molecular formula is C21H23N3O4. The van der Waals surface area contributed by atoms with E-state index in [-0.39, 0.29) is 18.6 Å². The molecule has 28 heavy (non-hydrogen) atoms. The van der Waals surface area contributed by atoms with Gasteiger partial charge < -0.3 is 14.4 Å². The Morgan fingerprint density at radius 3 is 2.43 bits per heavy atom. The van der Waals surface area contributed by atoms with Gasteiger partial charge in [0.05, 0.1) is 0 Å². The molecule has 146 valence electrons. The number of rotatable bonds is 9. The Labute approximate surface area is 163 Å². The van der Waals surface area contributed by atoms with Gasteiger partial charge in [-0.15, -0.1) is 0 Å². The lowest BCUT2D eigenvalue weighted by molar-refractivity contribution is -0.134. The zero-order valence-corrected chi connectivity index (χ0v) is 16.0. The topological polar surface area (TPSA) is 77.7 Å². The van der Waals surface area contributed by atoms with Crippen molar-refractivity contribution in [2.75, 3.05) is 13.2 Å². The Morgan fingerprint density at radius 2 is 1.79 bits per heavy atom. The van der Waals surface area contributed by atoms with E-state index in [1.54, 1.807) is 11.8 Å². The number of carbonyl (C=O) groups is 1. The van der Waals surface area contributed by atoms with E-state index in [2.05, 4.69) is 10.1 Å². The van der Waals surface area contributed by atoms with Crippen molar-refractivity contribution in [1.82, 2.24) is 15.0 Å². The number of aryl methyl sites for hydroxylation is 1. The molecule has 0 saturated heterocycles. The van der Waals surface area contributed by atoms with Crippen LogP contribution in [-0.4, -0.2) is 34.1 Å². The molecule has 3 rings (SSSR count). The average molecular weight is 381 g/mol. The number of hydrogen-bond donors (Lipinski definition) is 0. The maximum atomic E-state index is 12.4. The highest BCUT2D eigenvalue weighted by Gasteiger charge is 2.15. The van der Waals surface area contributed by atoms with Crippen LogP contribution in [0.15, 0.2) is 59.1 Å². The fourth-order valence-electron chi connectivity index (χ4n) is 2.58. The fraction of sp³-hybridized carbons (Fsp3) is 0.286. The first kappa shape index (κ1) is 19.4. The quantitative estimate of drug-likeness (QED) is 0.565. The second kappa shape index (κ2) is 9.55. The number of nitrogens with zero attached hydrogens (tertiary/aromatic N) is 3. The summed E-state index contributed by atoms with van der Waals surface area (Å²) in [5.74, 6) is 1.10. The Balaban J connectivity index is 1.50. The first-order chi connectivity index (χ1) is 13.6. The van der Waals surface area contributed by atoms with E-state index in [1.807, 2.05) is 61.5 Å². The molecule has 0 aliphatic rings. The van der Waals surface area contributed by atoms with Gasteiger partial charge in [0.15, 0.2) is 12.4 Å². The molecule has 3 aromatic rings. The van der Waals surface area contributed by atoms with Gasteiger partial charge in [-0.1, -0.05) is 47.6 Å². The predicted octanol–water partition coefficient (Wildman–Crippen LogP) is 3.38. The van der Waals surface area contributed by atoms with Crippen LogP contribution in [0.5, 0.6) is 11.8 Å². The summed E-state index contributed by atoms with van der Waals surface area (Å²) in [6, 6.07) is 17.7. The minimum Gasteiger partial charge on any atom is -0.489 e. The highest BCUT2D eigenvalue weighted by Crippen LogP contribution is 2.16. The van der Waals surface area contributed by atoms with E-state index in [1.165, 1.54) is 0 Å². The van der Waals surface area contributed by atoms with E-state index >= 15 is 0 Å². The summed E-state index contributed by atoms with van der Waals surface area (Å²) in [6.45, 7) is 5.04. The van der Waals surface area contributed by atoms with Crippen molar-refractivity contribution in [1.29, 1.82) is 0 Å². The van der Waals surface area contributed by atoms with Crippen molar-refractivity contribution in [2.24, 2.45) is 0 Å². The first-order valence-corrected chi connectivity index (χ1v) is 9.10. The maximum absolute atomic E-state index is 12.4. The molecule has 0 N–H and O–H groups in total. The Bertz CT molecular complexity index is 878. The minimum atomic E-state index is -0.150. The molecule has 1 heterocycles. The number of carbonyl (C=O) groups excluding carboxylic acids is 1. The third-order valence-electron chi connectivity index (χ3n) is 4.11. The standard InChI is InChI=1S/C21H23N3O4/c1-3-24(20(25)15-27-21-22-16(2)23-28-21)13-17-9-11-19(12-10-17)26-14-18-7-5-4-6-8-18/h4-12H,3,13-15H2,1-2H3. The van der Waals surface area contributed by atoms with E-state index in [0.717, 1.165) is 16.9 Å². The molecule has 0 saturated carbocycles. The van der Waals surface area contributed by atoms with Gasteiger partial charge in [-0.05, 0) is 37.1 Å². The van der Waals surface area contributed by atoms with Crippen LogP contribution in [-0.2, 0) is 17.9 Å². The second-order valence-corrected chi connectivity index (χ2v) is 6.22. The van der Waals surface area contributed by atoms with Crippen LogP contribution in [0.25, 0.3) is 0 Å². The predicted molar refractivity (Wildman–Crippen MR) is 103 cm³/mol. The maximum Gasteiger partial charge on any atom is 0.417 e. The monoisotopic (exact) mass is 381 g/mol. The molecule has 0 spiro atoms. The molecule has 2 aromatic carbocycles. The average Bonchev–Trinajstić information content (AvgIpc) is 3.15. The lowest BCUT2D eigenvalue weighted by Crippen LogP contribution is -2.34. The zero-order chi connectivity index (χ0) is 19.8. The van der Waals surface area contributed by atoms with Crippen LogP contribution in [0, 0.1) is 6.92 Å². The molecule has 0 aliphatic heterocycles. The van der Waals surface area contributed by atoms with Gasteiger partial charge >= 0.3 is 6.08 Å². The smallest absolute Gasteiger partial charge is 0.417 e. The molecule has 1 amide bonds. The molecule has 0 radical (unpaired) electrons. The van der Waals surface area contributed by atoms with E-state index in [0.29, 0.717) is 25.5 Å². The van der Waals surface area contributed by atoms with Crippen molar-refractivity contribution < 1.29 is 18.8 Å². The molecule has 0 atom stereocenters. The van der Waals surface area contributed by atoms with Crippen LogP contribution in [0.3, 0.4) is 0 Å². The Morgan fingerprint density at radius 1 is 1.04 bits per heavy atom. The van der Waals surface area contributed by atoms with Crippen LogP contribution >= 0.6 is 0 Å². The lowest BCUT2D eigenvalue weighted by atomic mass is 10.2. The summed E-state index contributed by atoms with van der Waals surface area (Å²) in [7, 11) is 0. The normalized spacial score (nSPS) is 10.5. The van der Waals surface area contributed by atoms with Gasteiger partial charge in [0.25, 0.3) is 5.91 Å². The summed E-state index contributed by atoms with van der Waals surface area (Å²) in [5.41, 5.74) is 2.13. The number of benzene rings is 2. The van der Waals surface area contributed by atoms with Crippen LogP contribution in [0.4, 0.5) is 0 Å². The largest absolute Gasteiger partial charge is 0.489 e. The Kier molecular flexibility index (Phi) is 6.62. The summed E-state index contributed by atoms with van der Waals surface area (Å²) < 4.78 is 15.9. The third-order valence-corrected chi connectivity index (χ3v) is 4.11. The highest BCUT2D eigenvalue weighted by atomic mass is 16.6. The summed E-state index contributed by atoms with van der Waals surface area (Å²) in [5, 5.41) is 3.62. The first-order valence-electron chi connectivity index (χ1n) is 9.10.